The minimum Gasteiger partial charge on any atom is -0.368 e. The van der Waals surface area contributed by atoms with Crippen molar-refractivity contribution >= 4 is 137 Å². The number of anilines is 12. The molecule has 20 rings (SSSR count). The summed E-state index contributed by atoms with van der Waals surface area (Å²) in [6.45, 7) is -37.2. The Balaban J connectivity index is 0.000000156. The predicted molar refractivity (Wildman–Crippen MR) is 515 cm³/mol. The lowest BCUT2D eigenvalue weighted by Crippen LogP contribution is -2.43. The minimum atomic E-state index is -3.08. The van der Waals surface area contributed by atoms with Gasteiger partial charge in [0.1, 0.15) is 45.9 Å². The van der Waals surface area contributed by atoms with Gasteiger partial charge < -0.3 is 62.1 Å². The lowest BCUT2D eigenvalue weighted by atomic mass is 10.0. The van der Waals surface area contributed by atoms with Crippen molar-refractivity contribution in [2.75, 3.05) is 145 Å². The molecule has 0 radical (unpaired) electrons. The summed E-state index contributed by atoms with van der Waals surface area (Å²) in [4.78, 5) is 157. The Morgan fingerprint density at radius 3 is 0.841 bits per heavy atom. The van der Waals surface area contributed by atoms with Crippen molar-refractivity contribution in [3.63, 3.8) is 0 Å². The highest BCUT2D eigenvalue weighted by atomic mass is 16.2. The van der Waals surface area contributed by atoms with Crippen LogP contribution in [0.3, 0.4) is 0 Å². The molecule has 132 heavy (non-hydrogen) atoms. The lowest BCUT2D eigenvalue weighted by molar-refractivity contribution is 0.100. The maximum atomic E-state index is 13.7. The summed E-state index contributed by atoms with van der Waals surface area (Å²) in [6, 6.07) is 4.45. The van der Waals surface area contributed by atoms with E-state index in [1.165, 1.54) is 102 Å². The van der Waals surface area contributed by atoms with Gasteiger partial charge >= 0.3 is 0 Å². The number of rotatable bonds is 20. The molecule has 16 heterocycles. The second kappa shape index (κ2) is 40.6. The molecule has 8 fully saturated rings. The summed E-state index contributed by atoms with van der Waals surface area (Å²) in [6.07, 6.45) is -2.70. The smallest absolute Gasteiger partial charge is 0.263 e. The van der Waals surface area contributed by atoms with Gasteiger partial charge in [-0.15, -0.1) is 0 Å². The number of aromatic nitrogens is 16. The Kier molecular flexibility index (Phi) is 15.7. The van der Waals surface area contributed by atoms with E-state index in [1.807, 2.05) is 0 Å². The largest absolute Gasteiger partial charge is 0.368 e. The van der Waals surface area contributed by atoms with Crippen LogP contribution in [0.2, 0.25) is 0 Å². The van der Waals surface area contributed by atoms with E-state index in [2.05, 4.69) is 81.1 Å². The number of hydrogen-bond donors (Lipinski definition) is 8. The molecule has 4 aliphatic carbocycles. The lowest BCUT2D eigenvalue weighted by Gasteiger charge is -2.29. The molecule has 12 aromatic rings. The fraction of sp³-hybridized carbons (Fsp3) is 0.458. The minimum absolute atomic E-state index is 0.0246. The molecule has 4 saturated heterocycles. The van der Waals surface area contributed by atoms with Crippen LogP contribution in [0.5, 0.6) is 0 Å². The summed E-state index contributed by atoms with van der Waals surface area (Å²) in [5, 5.41) is 19.5. The number of nitrogens with zero attached hydrogens (tertiary/aromatic N) is 20. The first-order chi connectivity index (χ1) is 80.7. The van der Waals surface area contributed by atoms with Gasteiger partial charge in [-0.1, -0.05) is 51.3 Å². The monoisotopic (exact) mass is 1830 g/mol. The molecular formula is C96H116N28O8. The number of pyridine rings is 8. The van der Waals surface area contributed by atoms with Crippen LogP contribution in [0.25, 0.3) is 44.1 Å². The first-order valence-electron chi connectivity index (χ1n) is 63.8. The van der Waals surface area contributed by atoms with Crippen LogP contribution in [0.1, 0.15) is 280 Å². The third kappa shape index (κ3) is 19.5. The Hall–Kier alpha value is -13.3. The molecule has 0 spiro atoms. The third-order valence-electron chi connectivity index (χ3n) is 21.9. The molecule has 0 bridgehead atoms. The number of carbonyl (C=O) groups excluding carboxylic acids is 4. The quantitative estimate of drug-likeness (QED) is 0.0329. The maximum Gasteiger partial charge on any atom is 0.263 e. The van der Waals surface area contributed by atoms with Gasteiger partial charge in [0, 0.05) is 213 Å². The van der Waals surface area contributed by atoms with Gasteiger partial charge in [0.05, 0.1) is 93.1 Å². The van der Waals surface area contributed by atoms with Crippen LogP contribution in [-0.4, -0.2) is 205 Å². The van der Waals surface area contributed by atoms with Crippen LogP contribution in [0.4, 0.5) is 69.8 Å². The molecule has 4 aliphatic heterocycles. The van der Waals surface area contributed by atoms with E-state index in [1.54, 1.807) is 39.7 Å². The summed E-state index contributed by atoms with van der Waals surface area (Å²) in [5.41, 5.74) is -3.61. The van der Waals surface area contributed by atoms with E-state index in [9.17, 15) is 38.4 Å². The summed E-state index contributed by atoms with van der Waals surface area (Å²) < 4.78 is 374. The number of hydrogen-bond acceptors (Lipinski definition) is 32. The van der Waals surface area contributed by atoms with Crippen LogP contribution in [0, 0.1) is 27.7 Å². The Labute approximate surface area is 826 Å². The number of ketones is 4. The number of aryl methyl sites for hydroxylation is 4. The molecule has 0 amide bonds. The van der Waals surface area contributed by atoms with E-state index in [0.29, 0.717) is 51.7 Å². The van der Waals surface area contributed by atoms with Gasteiger partial charge in [0.25, 0.3) is 22.2 Å². The highest BCUT2D eigenvalue weighted by molar-refractivity contribution is 6.02. The summed E-state index contributed by atoms with van der Waals surface area (Å²) in [5.74, 6) is -2.29. The SMILES string of the molecule is [2H]C1([2H])CC(n2c(=O)c(C(C)=O)c(C)c3cnc(Nc4ccc(N5C([2H])([2H])C([2H])([2H])NC([2H])([2H])C5([2H])[2H])cn4)nc32)CC1([2H])[2H].[2H]C1([2H])CCC([2H])([2H])C1([2H])n1c(=O)c(C(C)=O)c(C)c2cnc(Nc3ccc(N4C([2H])([2H])C([2H])([2H])NC([2H])([2H])C4([2H])[2H])cn3)nc21.[2H]C1([2H])CCC([2H])([2H])C1n1c(=O)c(C(C)=O)c(C)c2cnc(Nc3ccc(N4C([2H])([2H])C([2H])([2H])NC([2H])([2H])C4([2H])[2H])cn3)nc21.[2H]C1([2H])NC([2H])([2H])C([2H])([2H])N(c2ccc(Nc3ncc4c(C)c(C(C)=O)c(=O)n(C5CCCC5)c4n3)nc2)C1([2H])[2H]. The highest BCUT2D eigenvalue weighted by Crippen LogP contribution is 2.38. The van der Waals surface area contributed by atoms with Gasteiger partial charge in [0.2, 0.25) is 23.8 Å². The van der Waals surface area contributed by atoms with Gasteiger partial charge in [-0.3, -0.25) is 56.6 Å². The molecular weight excluding hydrogens is 1670 g/mol. The van der Waals surface area contributed by atoms with Crippen molar-refractivity contribution in [2.45, 2.75) is 182 Å². The zero-order chi connectivity index (χ0) is 132. The molecule has 688 valence electrons. The number of Topliss-reactive ketones (excluding diaryl/α,β-unsaturated/α-hetero) is 4. The zero-order valence-corrected chi connectivity index (χ0v) is 71.8. The van der Waals surface area contributed by atoms with Crippen LogP contribution in [-0.2, 0) is 0 Å². The first-order valence-corrected chi connectivity index (χ1v) is 41.3. The van der Waals surface area contributed by atoms with Crippen molar-refractivity contribution in [2.24, 2.45) is 0 Å². The van der Waals surface area contributed by atoms with Gasteiger partial charge in [-0.2, -0.15) is 19.9 Å². The second-order valence-electron chi connectivity index (χ2n) is 30.3. The van der Waals surface area contributed by atoms with Crippen molar-refractivity contribution in [1.82, 2.24) is 99.3 Å². The van der Waals surface area contributed by atoms with E-state index >= 15 is 0 Å². The topological polar surface area (TPSA) is 420 Å². The molecule has 12 aromatic heterocycles. The first kappa shape index (κ1) is 50.9. The fourth-order valence-electron chi connectivity index (χ4n) is 15.6. The predicted octanol–water partition coefficient (Wildman–Crippen LogP) is 11.9. The fourth-order valence-corrected chi connectivity index (χ4v) is 15.6. The average Bonchev–Trinajstić information content (AvgIpc) is 1.15. The van der Waals surface area contributed by atoms with Crippen LogP contribution >= 0.6 is 0 Å². The van der Waals surface area contributed by atoms with Crippen molar-refractivity contribution < 1.29 is 80.9 Å². The molecule has 0 unspecified atom stereocenters. The Morgan fingerprint density at radius 2 is 0.576 bits per heavy atom. The maximum absolute atomic E-state index is 13.7. The van der Waals surface area contributed by atoms with E-state index < -0.39 is 194 Å². The van der Waals surface area contributed by atoms with Gasteiger partial charge in [-0.05, 0) is 177 Å². The number of nitrogens with one attached hydrogen (secondary N) is 8. The third-order valence-corrected chi connectivity index (χ3v) is 21.9. The van der Waals surface area contributed by atoms with Crippen molar-refractivity contribution in [1.29, 1.82) is 0 Å². The highest BCUT2D eigenvalue weighted by Gasteiger charge is 2.33. The standard InChI is InChI=1S/4C24H29N7O2/c4*1-15-19-14-27-24(28-20-8-7-18(13-26-20)30-11-9-25-10-12-30)29-22(19)31(17-5-3-4-6-17)23(33)21(15)16(2)32/h4*7-8,13-14,17,25H,3-6,9-12H2,1-2H3,(H,26,27,28,29)/i5D2,6D2,9D2,10D2,11D2,12D2,17D;5D2,6D2,9D2,10D2,11D2,12D2;3D2,4D2,9D2,10D2,11D2,12D2;9D2,10D2,11D2,12D2. The Bertz CT molecular complexity index is 8800. The summed E-state index contributed by atoms with van der Waals surface area (Å²) in [7, 11) is 0. The molecule has 36 nitrogen and oxygen atoms in total. The summed E-state index contributed by atoms with van der Waals surface area (Å²) >= 11 is 0. The Morgan fingerprint density at radius 1 is 0.326 bits per heavy atom. The number of carbonyl (C=O) groups is 4. The molecule has 0 aromatic carbocycles. The average molecular weight is 1840 g/mol. The molecule has 4 saturated carbocycles. The van der Waals surface area contributed by atoms with Crippen molar-refractivity contribution in [3.05, 3.63) is 184 Å². The van der Waals surface area contributed by atoms with E-state index in [-0.39, 0.29) is 187 Å². The van der Waals surface area contributed by atoms with Crippen molar-refractivity contribution in [3.8, 4) is 0 Å². The van der Waals surface area contributed by atoms with Gasteiger partial charge in [-0.25, -0.2) is 39.9 Å². The second-order valence-corrected chi connectivity index (χ2v) is 30.3. The van der Waals surface area contributed by atoms with E-state index in [4.69, 9.17) is 61.7 Å². The number of piperazine rings is 4. The van der Waals surface area contributed by atoms with Crippen LogP contribution < -0.4 is 84.4 Å². The molecule has 36 heteroatoms. The zero-order valence-electron chi connectivity index (χ0n) is 117. The number of fused-ring (bicyclic) bond motifs is 4. The molecule has 0 atom stereocenters. The van der Waals surface area contributed by atoms with Gasteiger partial charge in [0.15, 0.2) is 23.1 Å². The molecule has 8 N–H and O–H groups in total. The normalized spacial score (nSPS) is 30.7. The molecule has 8 aliphatic rings. The van der Waals surface area contributed by atoms with Crippen LogP contribution in [0.15, 0.2) is 117 Å². The van der Waals surface area contributed by atoms with E-state index in [0.717, 1.165) is 72.6 Å².